The fraction of sp³-hybridized carbons (Fsp3) is 0.250. The third-order valence-corrected chi connectivity index (χ3v) is 7.53. The predicted molar refractivity (Wildman–Crippen MR) is 109 cm³/mol. The number of nitriles is 1. The highest BCUT2D eigenvalue weighted by molar-refractivity contribution is 7.23. The van der Waals surface area contributed by atoms with Gasteiger partial charge >= 0.3 is 0 Å². The minimum atomic E-state index is -0.114. The van der Waals surface area contributed by atoms with Gasteiger partial charge < -0.3 is 11.1 Å². The van der Waals surface area contributed by atoms with Gasteiger partial charge in [-0.2, -0.15) is 5.26 Å². The predicted octanol–water partition coefficient (Wildman–Crippen LogP) is 4.68. The molecule has 0 bridgehead atoms. The van der Waals surface area contributed by atoms with Crippen LogP contribution in [0, 0.1) is 18.3 Å². The molecule has 5 rings (SSSR count). The topological polar surface area (TPSA) is 91.8 Å². The molecule has 1 atom stereocenters. The second kappa shape index (κ2) is 5.91. The van der Waals surface area contributed by atoms with E-state index in [1.165, 1.54) is 0 Å². The number of pyridine rings is 1. The molecule has 5 nitrogen and oxygen atoms in total. The molecule has 0 radical (unpaired) electrons. The first-order valence-corrected chi connectivity index (χ1v) is 10.5. The minimum Gasteiger partial charge on any atom is -0.383 e. The number of carbonyl (C=O) groups excluding carboxylic acids is 1. The van der Waals surface area contributed by atoms with E-state index in [1.807, 2.05) is 18.4 Å². The lowest BCUT2D eigenvalue weighted by Gasteiger charge is -2.31. The Labute approximate surface area is 164 Å². The van der Waals surface area contributed by atoms with Gasteiger partial charge in [0.2, 0.25) is 0 Å². The van der Waals surface area contributed by atoms with Gasteiger partial charge in [0.1, 0.15) is 11.9 Å². The average molecular weight is 393 g/mol. The third kappa shape index (κ3) is 2.27. The van der Waals surface area contributed by atoms with Gasteiger partial charge in [-0.25, -0.2) is 4.98 Å². The number of rotatable bonds is 1. The van der Waals surface area contributed by atoms with E-state index >= 15 is 0 Å². The molecule has 0 spiro atoms. The van der Waals surface area contributed by atoms with Crippen LogP contribution in [0.2, 0.25) is 0 Å². The number of nitrogens with one attached hydrogen (secondary N) is 1. The minimum absolute atomic E-state index is 0.114. The summed E-state index contributed by atoms with van der Waals surface area (Å²) in [6.45, 7) is 1.92. The summed E-state index contributed by atoms with van der Waals surface area (Å²) in [6.07, 6.45) is 2.35. The summed E-state index contributed by atoms with van der Waals surface area (Å²) in [5.74, 6) is 0.352. The van der Waals surface area contributed by atoms with Crippen LogP contribution in [0.1, 0.15) is 46.7 Å². The van der Waals surface area contributed by atoms with Gasteiger partial charge in [0.25, 0.3) is 0 Å². The molecular weight excluding hydrogens is 376 g/mol. The second-order valence-corrected chi connectivity index (χ2v) is 8.87. The lowest BCUT2D eigenvalue weighted by Crippen LogP contribution is -2.25. The van der Waals surface area contributed by atoms with Crippen molar-refractivity contribution in [3.8, 4) is 6.07 Å². The number of thiophene rings is 2. The Balaban J connectivity index is 1.85. The largest absolute Gasteiger partial charge is 0.383 e. The van der Waals surface area contributed by atoms with Crippen molar-refractivity contribution in [3.63, 3.8) is 0 Å². The molecule has 7 heteroatoms. The smallest absolute Gasteiger partial charge is 0.161 e. The summed E-state index contributed by atoms with van der Waals surface area (Å²) in [5.41, 5.74) is 11.1. The number of ketones is 1. The van der Waals surface area contributed by atoms with Gasteiger partial charge in [0.05, 0.1) is 26.7 Å². The van der Waals surface area contributed by atoms with E-state index in [0.29, 0.717) is 12.0 Å². The Kier molecular flexibility index (Phi) is 3.61. The first-order valence-electron chi connectivity index (χ1n) is 8.79. The Morgan fingerprint density at radius 3 is 3.00 bits per heavy atom. The van der Waals surface area contributed by atoms with Crippen LogP contribution in [-0.2, 0) is 4.79 Å². The highest BCUT2D eigenvalue weighted by atomic mass is 32.1. The van der Waals surface area contributed by atoms with E-state index in [0.717, 1.165) is 55.3 Å². The third-order valence-electron chi connectivity index (χ3n) is 5.36. The monoisotopic (exact) mass is 392 g/mol. The first kappa shape index (κ1) is 16.5. The number of Topliss-reactive ketones (excluding diaryl/α,β-unsaturated/α-hetero) is 1. The molecule has 3 aromatic heterocycles. The highest BCUT2D eigenvalue weighted by Gasteiger charge is 2.38. The summed E-state index contributed by atoms with van der Waals surface area (Å²) >= 11 is 3.26. The maximum atomic E-state index is 12.9. The Hall–Kier alpha value is -2.69. The molecule has 4 heterocycles. The van der Waals surface area contributed by atoms with Gasteiger partial charge in [-0.1, -0.05) is 6.07 Å². The van der Waals surface area contributed by atoms with Crippen LogP contribution in [0.3, 0.4) is 0 Å². The SMILES string of the molecule is Cc1c(C#N)c(N)nc2c3c(sc12)NC1=C(C(=O)CCC1)C3c1cccs1. The van der Waals surface area contributed by atoms with Crippen LogP contribution < -0.4 is 11.1 Å². The number of hydrogen-bond acceptors (Lipinski definition) is 7. The van der Waals surface area contributed by atoms with Gasteiger partial charge in [0.15, 0.2) is 5.78 Å². The van der Waals surface area contributed by atoms with E-state index < -0.39 is 0 Å². The molecular formula is C20H16N4OS2. The Morgan fingerprint density at radius 2 is 2.26 bits per heavy atom. The molecule has 27 heavy (non-hydrogen) atoms. The molecule has 0 aromatic carbocycles. The maximum absolute atomic E-state index is 12.9. The maximum Gasteiger partial charge on any atom is 0.161 e. The zero-order valence-electron chi connectivity index (χ0n) is 14.6. The number of nitrogens with zero attached hydrogens (tertiary/aromatic N) is 2. The zero-order valence-corrected chi connectivity index (χ0v) is 16.3. The Morgan fingerprint density at radius 1 is 1.41 bits per heavy atom. The van der Waals surface area contributed by atoms with Crippen molar-refractivity contribution in [2.45, 2.75) is 32.1 Å². The van der Waals surface area contributed by atoms with Crippen molar-refractivity contribution in [1.29, 1.82) is 5.26 Å². The van der Waals surface area contributed by atoms with Gasteiger partial charge in [-0.3, -0.25) is 4.79 Å². The van der Waals surface area contributed by atoms with E-state index in [2.05, 4.69) is 22.4 Å². The molecule has 2 aliphatic rings. The molecule has 0 saturated carbocycles. The number of hydrogen-bond donors (Lipinski definition) is 2. The van der Waals surface area contributed by atoms with Gasteiger partial charge in [-0.15, -0.1) is 22.7 Å². The summed E-state index contributed by atoms with van der Waals surface area (Å²) in [6, 6.07) is 6.27. The summed E-state index contributed by atoms with van der Waals surface area (Å²) in [5, 5.41) is 16.0. The summed E-state index contributed by atoms with van der Waals surface area (Å²) < 4.78 is 0.965. The van der Waals surface area contributed by atoms with Gasteiger partial charge in [-0.05, 0) is 36.8 Å². The normalized spacial score (nSPS) is 18.8. The van der Waals surface area contributed by atoms with Crippen LogP contribution >= 0.6 is 22.7 Å². The average Bonchev–Trinajstić information content (AvgIpc) is 3.29. The van der Waals surface area contributed by atoms with Crippen molar-refractivity contribution < 1.29 is 4.79 Å². The lowest BCUT2D eigenvalue weighted by atomic mass is 9.79. The molecule has 0 saturated heterocycles. The van der Waals surface area contributed by atoms with Crippen molar-refractivity contribution in [1.82, 2.24) is 4.98 Å². The molecule has 3 aromatic rings. The van der Waals surface area contributed by atoms with Crippen molar-refractivity contribution in [2.24, 2.45) is 0 Å². The number of anilines is 2. The number of aromatic nitrogens is 1. The van der Waals surface area contributed by atoms with Crippen LogP contribution in [0.5, 0.6) is 0 Å². The summed E-state index contributed by atoms with van der Waals surface area (Å²) in [4.78, 5) is 18.6. The number of nitrogens with two attached hydrogens (primary N) is 1. The van der Waals surface area contributed by atoms with Crippen LogP contribution in [0.25, 0.3) is 10.2 Å². The van der Waals surface area contributed by atoms with Crippen molar-refractivity contribution in [3.05, 3.63) is 50.4 Å². The first-order chi connectivity index (χ1) is 13.1. The van der Waals surface area contributed by atoms with E-state index in [-0.39, 0.29) is 17.5 Å². The summed E-state index contributed by atoms with van der Waals surface area (Å²) in [7, 11) is 0. The van der Waals surface area contributed by atoms with E-state index in [1.54, 1.807) is 22.7 Å². The van der Waals surface area contributed by atoms with Gasteiger partial charge in [0, 0.05) is 28.1 Å². The highest BCUT2D eigenvalue weighted by Crippen LogP contribution is 2.52. The number of allylic oxidation sites excluding steroid dienone is 2. The van der Waals surface area contributed by atoms with Crippen molar-refractivity contribution >= 4 is 49.5 Å². The van der Waals surface area contributed by atoms with Crippen LogP contribution in [0.15, 0.2) is 28.8 Å². The second-order valence-electron chi connectivity index (χ2n) is 6.87. The fourth-order valence-electron chi connectivity index (χ4n) is 4.13. The lowest BCUT2D eigenvalue weighted by molar-refractivity contribution is -0.116. The molecule has 1 aliphatic carbocycles. The van der Waals surface area contributed by atoms with Crippen LogP contribution in [-0.4, -0.2) is 10.8 Å². The van der Waals surface area contributed by atoms with Crippen molar-refractivity contribution in [2.75, 3.05) is 11.1 Å². The number of nitrogen functional groups attached to an aromatic ring is 1. The standard InChI is InChI=1S/C20H16N4OS2/c1-9-10(8-21)19(22)24-17-16-15(13-6-3-7-26-13)14-11(4-2-5-12(14)25)23-20(16)27-18(9)17/h3,6-7,15,23H,2,4-5H2,1H3,(H2,22,24). The number of fused-ring (bicyclic) bond motifs is 3. The molecule has 1 aliphatic heterocycles. The molecule has 0 fully saturated rings. The molecule has 1 unspecified atom stereocenters. The molecule has 0 amide bonds. The van der Waals surface area contributed by atoms with E-state index in [9.17, 15) is 10.1 Å². The zero-order chi connectivity index (χ0) is 18.7. The Bertz CT molecular complexity index is 1180. The molecule has 3 N–H and O–H groups in total. The quantitative estimate of drug-likeness (QED) is 0.627. The fourth-order valence-corrected chi connectivity index (χ4v) is 6.19. The van der Waals surface area contributed by atoms with E-state index in [4.69, 9.17) is 5.73 Å². The number of carbonyl (C=O) groups is 1. The number of aryl methyl sites for hydroxylation is 1. The van der Waals surface area contributed by atoms with Crippen LogP contribution in [0.4, 0.5) is 10.8 Å². The molecule has 134 valence electrons.